The van der Waals surface area contributed by atoms with E-state index >= 15 is 0 Å². The Hall–Kier alpha value is -2.32. The van der Waals surface area contributed by atoms with Crippen LogP contribution in [0.1, 0.15) is 11.1 Å². The van der Waals surface area contributed by atoms with E-state index in [0.717, 1.165) is 0 Å². The van der Waals surface area contributed by atoms with E-state index in [1.165, 1.54) is 22.9 Å². The number of halogens is 1. The number of nitrogens with zero attached hydrogens (tertiary/aromatic N) is 2. The van der Waals surface area contributed by atoms with Crippen LogP contribution in [0.4, 0.5) is 0 Å². The molecule has 0 fully saturated rings. The third-order valence-electron chi connectivity index (χ3n) is 2.42. The minimum atomic E-state index is -0.497. The highest BCUT2D eigenvalue weighted by Gasteiger charge is 2.04. The molecular weight excluding hydrogens is 254 g/mol. The Balaban J connectivity index is 2.38. The Morgan fingerprint density at radius 3 is 2.72 bits per heavy atom. The molecule has 2 rings (SSSR count). The summed E-state index contributed by atoms with van der Waals surface area (Å²) in [6, 6.07) is 8.08. The molecule has 0 bridgehead atoms. The smallest absolute Gasteiger partial charge is 0.296 e. The number of hydrogen-bond acceptors (Lipinski definition) is 3. The van der Waals surface area contributed by atoms with Gasteiger partial charge in [-0.2, -0.15) is 5.26 Å². The highest BCUT2D eigenvalue weighted by molar-refractivity contribution is 6.31. The first-order chi connectivity index (χ1) is 8.60. The molecule has 90 valence electrons. The number of H-pyrrole nitrogens is 1. The second-order valence-corrected chi connectivity index (χ2v) is 4.06. The lowest BCUT2D eigenvalue weighted by atomic mass is 10.1. The largest absolute Gasteiger partial charge is 0.328 e. The van der Waals surface area contributed by atoms with Gasteiger partial charge in [-0.3, -0.25) is 14.3 Å². The predicted molar refractivity (Wildman–Crippen MR) is 66.6 cm³/mol. The minimum absolute atomic E-state index is 0.236. The quantitative estimate of drug-likeness (QED) is 0.879. The maximum atomic E-state index is 11.5. The molecular formula is C12H8ClN3O2. The summed E-state index contributed by atoms with van der Waals surface area (Å²) in [6.45, 7) is 0.236. The molecule has 6 heteroatoms. The van der Waals surface area contributed by atoms with Crippen LogP contribution in [-0.4, -0.2) is 9.55 Å². The second kappa shape index (κ2) is 4.90. The van der Waals surface area contributed by atoms with E-state index in [4.69, 9.17) is 16.9 Å². The Morgan fingerprint density at radius 1 is 1.33 bits per heavy atom. The van der Waals surface area contributed by atoms with Gasteiger partial charge in [0.1, 0.15) is 0 Å². The molecule has 2 aromatic rings. The Kier molecular flexibility index (Phi) is 3.31. The Labute approximate surface area is 107 Å². The second-order valence-electron chi connectivity index (χ2n) is 3.66. The number of benzene rings is 1. The van der Waals surface area contributed by atoms with Crippen LogP contribution in [0.3, 0.4) is 0 Å². The van der Waals surface area contributed by atoms with Gasteiger partial charge in [-0.15, -0.1) is 0 Å². The molecule has 0 amide bonds. The zero-order valence-electron chi connectivity index (χ0n) is 9.18. The zero-order valence-corrected chi connectivity index (χ0v) is 9.94. The third-order valence-corrected chi connectivity index (χ3v) is 2.77. The summed E-state index contributed by atoms with van der Waals surface area (Å²) in [7, 11) is 0. The lowest BCUT2D eigenvalue weighted by Crippen LogP contribution is -2.28. The molecule has 0 aliphatic rings. The van der Waals surface area contributed by atoms with Crippen molar-refractivity contribution >= 4 is 11.6 Å². The average Bonchev–Trinajstić information content (AvgIpc) is 2.34. The maximum Gasteiger partial charge on any atom is 0.328 e. The van der Waals surface area contributed by atoms with Crippen molar-refractivity contribution < 1.29 is 0 Å². The van der Waals surface area contributed by atoms with E-state index in [-0.39, 0.29) is 6.54 Å². The van der Waals surface area contributed by atoms with E-state index in [0.29, 0.717) is 16.1 Å². The number of nitrogens with one attached hydrogen (secondary N) is 1. The van der Waals surface area contributed by atoms with E-state index in [1.54, 1.807) is 12.1 Å². The first kappa shape index (κ1) is 12.1. The van der Waals surface area contributed by atoms with Gasteiger partial charge in [0.2, 0.25) is 0 Å². The van der Waals surface area contributed by atoms with Crippen molar-refractivity contribution in [3.05, 3.63) is 67.4 Å². The maximum absolute atomic E-state index is 11.5. The van der Waals surface area contributed by atoms with Crippen molar-refractivity contribution in [2.45, 2.75) is 6.54 Å². The van der Waals surface area contributed by atoms with Crippen LogP contribution in [0, 0.1) is 11.3 Å². The van der Waals surface area contributed by atoms with E-state index < -0.39 is 11.2 Å². The van der Waals surface area contributed by atoms with Gasteiger partial charge in [-0.05, 0) is 17.7 Å². The van der Waals surface area contributed by atoms with Crippen LogP contribution < -0.4 is 11.2 Å². The summed E-state index contributed by atoms with van der Waals surface area (Å²) >= 11 is 6.00. The number of hydrogen-bond donors (Lipinski definition) is 1. The molecule has 0 spiro atoms. The number of rotatable bonds is 2. The molecule has 0 radical (unpaired) electrons. The van der Waals surface area contributed by atoms with Crippen molar-refractivity contribution in [2.75, 3.05) is 0 Å². The molecule has 18 heavy (non-hydrogen) atoms. The number of aromatic nitrogens is 2. The first-order valence-corrected chi connectivity index (χ1v) is 5.46. The van der Waals surface area contributed by atoms with Crippen LogP contribution in [-0.2, 0) is 6.54 Å². The van der Waals surface area contributed by atoms with E-state index in [9.17, 15) is 9.59 Å². The fourth-order valence-corrected chi connectivity index (χ4v) is 1.74. The van der Waals surface area contributed by atoms with Crippen molar-refractivity contribution in [2.24, 2.45) is 0 Å². The van der Waals surface area contributed by atoms with Crippen molar-refractivity contribution in [1.29, 1.82) is 5.26 Å². The normalized spacial score (nSPS) is 10.0. The molecule has 5 nitrogen and oxygen atoms in total. The van der Waals surface area contributed by atoms with Gasteiger partial charge in [0, 0.05) is 17.3 Å². The predicted octanol–water partition coefficient (Wildman–Crippen LogP) is 1.11. The summed E-state index contributed by atoms with van der Waals surface area (Å²) in [4.78, 5) is 24.6. The monoisotopic (exact) mass is 261 g/mol. The molecule has 0 aliphatic heterocycles. The van der Waals surface area contributed by atoms with Crippen LogP contribution >= 0.6 is 11.6 Å². The van der Waals surface area contributed by atoms with Crippen LogP contribution in [0.2, 0.25) is 5.02 Å². The van der Waals surface area contributed by atoms with Gasteiger partial charge in [-0.1, -0.05) is 17.7 Å². The molecule has 1 heterocycles. The Morgan fingerprint density at radius 2 is 2.11 bits per heavy atom. The topological polar surface area (TPSA) is 78.7 Å². The van der Waals surface area contributed by atoms with Gasteiger partial charge in [0.05, 0.1) is 18.2 Å². The molecule has 0 unspecified atom stereocenters. The summed E-state index contributed by atoms with van der Waals surface area (Å²) < 4.78 is 1.33. The molecule has 0 saturated heterocycles. The number of aromatic amines is 1. The van der Waals surface area contributed by atoms with Gasteiger partial charge in [-0.25, -0.2) is 4.79 Å². The average molecular weight is 262 g/mol. The lowest BCUT2D eigenvalue weighted by Gasteiger charge is -2.06. The minimum Gasteiger partial charge on any atom is -0.296 e. The molecule has 1 aromatic heterocycles. The standard InChI is InChI=1S/C12H8ClN3O2/c13-10-5-8(6-14)1-2-9(10)7-16-4-3-11(17)15-12(16)18/h1-5H,7H2,(H,15,17,18). The van der Waals surface area contributed by atoms with E-state index in [1.807, 2.05) is 6.07 Å². The van der Waals surface area contributed by atoms with Gasteiger partial charge in [0.25, 0.3) is 5.56 Å². The molecule has 0 atom stereocenters. The van der Waals surface area contributed by atoms with Crippen LogP contribution in [0.5, 0.6) is 0 Å². The first-order valence-electron chi connectivity index (χ1n) is 5.08. The molecule has 0 aliphatic carbocycles. The summed E-state index contributed by atoms with van der Waals surface area (Å²) in [5.41, 5.74) is 0.215. The fourth-order valence-electron chi connectivity index (χ4n) is 1.50. The summed E-state index contributed by atoms with van der Waals surface area (Å²) in [5, 5.41) is 9.12. The molecule has 0 saturated carbocycles. The van der Waals surface area contributed by atoms with Crippen LogP contribution in [0.25, 0.3) is 0 Å². The zero-order chi connectivity index (χ0) is 13.1. The fraction of sp³-hybridized carbons (Fsp3) is 0.0833. The summed E-state index contributed by atoms with van der Waals surface area (Å²) in [6.07, 6.45) is 1.40. The van der Waals surface area contributed by atoms with Gasteiger partial charge >= 0.3 is 5.69 Å². The lowest BCUT2D eigenvalue weighted by molar-refractivity contribution is 0.720. The SMILES string of the molecule is N#Cc1ccc(Cn2ccc(=O)[nH]c2=O)c(Cl)c1. The van der Waals surface area contributed by atoms with E-state index in [2.05, 4.69) is 4.98 Å². The molecule has 1 aromatic carbocycles. The van der Waals surface area contributed by atoms with Crippen molar-refractivity contribution in [3.63, 3.8) is 0 Å². The molecule has 1 N–H and O–H groups in total. The van der Waals surface area contributed by atoms with Gasteiger partial charge in [0.15, 0.2) is 0 Å². The Bertz CT molecular complexity index is 740. The van der Waals surface area contributed by atoms with Crippen molar-refractivity contribution in [3.8, 4) is 6.07 Å². The highest BCUT2D eigenvalue weighted by Crippen LogP contribution is 2.18. The third kappa shape index (κ3) is 2.50. The van der Waals surface area contributed by atoms with Gasteiger partial charge < -0.3 is 0 Å². The van der Waals surface area contributed by atoms with Crippen LogP contribution in [0.15, 0.2) is 40.1 Å². The van der Waals surface area contributed by atoms with Crippen molar-refractivity contribution in [1.82, 2.24) is 9.55 Å². The summed E-state index contributed by atoms with van der Waals surface area (Å²) in [5.74, 6) is 0. The number of nitriles is 1. The highest BCUT2D eigenvalue weighted by atomic mass is 35.5.